The van der Waals surface area contributed by atoms with Gasteiger partial charge in [0.25, 0.3) is 5.91 Å². The van der Waals surface area contributed by atoms with Gasteiger partial charge in [0.05, 0.1) is 17.3 Å². The lowest BCUT2D eigenvalue weighted by Gasteiger charge is -2.15. The minimum atomic E-state index is -0.574. The summed E-state index contributed by atoms with van der Waals surface area (Å²) in [4.78, 5) is 15.1. The first kappa shape index (κ1) is 18.0. The SMILES string of the molecule is CCOc1cc(CNCc2ccccn2)cc(Cl)c1OCC(N)=O. The van der Waals surface area contributed by atoms with Crippen LogP contribution < -0.4 is 20.5 Å². The van der Waals surface area contributed by atoms with E-state index in [1.807, 2.05) is 31.2 Å². The summed E-state index contributed by atoms with van der Waals surface area (Å²) in [5.41, 5.74) is 6.99. The number of pyridine rings is 1. The Morgan fingerprint density at radius 3 is 2.79 bits per heavy atom. The molecule has 0 radical (unpaired) electrons. The first-order valence-electron chi connectivity index (χ1n) is 7.57. The number of nitrogens with one attached hydrogen (secondary N) is 1. The number of aromatic nitrogens is 1. The van der Waals surface area contributed by atoms with Gasteiger partial charge in [-0.1, -0.05) is 17.7 Å². The van der Waals surface area contributed by atoms with Crippen LogP contribution in [0, 0.1) is 0 Å². The number of rotatable bonds is 9. The van der Waals surface area contributed by atoms with Gasteiger partial charge in [-0.25, -0.2) is 0 Å². The maximum Gasteiger partial charge on any atom is 0.255 e. The lowest BCUT2D eigenvalue weighted by atomic mass is 10.2. The quantitative estimate of drug-likeness (QED) is 0.725. The Balaban J connectivity index is 2.05. The van der Waals surface area contributed by atoms with Crippen LogP contribution in [0.3, 0.4) is 0 Å². The molecule has 0 saturated heterocycles. The van der Waals surface area contributed by atoms with Gasteiger partial charge in [0.15, 0.2) is 18.1 Å². The minimum absolute atomic E-state index is 0.253. The molecule has 0 aliphatic carbocycles. The Hall–Kier alpha value is -2.31. The van der Waals surface area contributed by atoms with E-state index in [0.29, 0.717) is 36.2 Å². The number of nitrogens with two attached hydrogens (primary N) is 1. The molecule has 0 saturated carbocycles. The van der Waals surface area contributed by atoms with Crippen molar-refractivity contribution in [2.75, 3.05) is 13.2 Å². The fraction of sp³-hybridized carbons (Fsp3) is 0.294. The molecule has 0 aliphatic rings. The second-order valence-electron chi connectivity index (χ2n) is 5.02. The Labute approximate surface area is 145 Å². The largest absolute Gasteiger partial charge is 0.490 e. The average Bonchev–Trinajstić information content (AvgIpc) is 2.55. The summed E-state index contributed by atoms with van der Waals surface area (Å²) >= 11 is 6.25. The summed E-state index contributed by atoms with van der Waals surface area (Å²) in [6.45, 7) is 3.29. The maximum absolute atomic E-state index is 10.9. The fourth-order valence-electron chi connectivity index (χ4n) is 2.11. The molecule has 2 aromatic rings. The zero-order valence-electron chi connectivity index (χ0n) is 13.4. The number of benzene rings is 1. The van der Waals surface area contributed by atoms with Crippen molar-refractivity contribution in [3.8, 4) is 11.5 Å². The van der Waals surface area contributed by atoms with E-state index in [1.165, 1.54) is 0 Å². The van der Waals surface area contributed by atoms with Crippen LogP contribution in [-0.4, -0.2) is 24.1 Å². The topological polar surface area (TPSA) is 86.5 Å². The standard InChI is InChI=1S/C17H20ClN3O3/c1-2-23-15-8-12(7-14(18)17(15)24-11-16(19)22)9-20-10-13-5-3-4-6-21-13/h3-8,20H,2,9-11H2,1H3,(H2,19,22). The Morgan fingerprint density at radius 2 is 2.12 bits per heavy atom. The number of primary amides is 1. The van der Waals surface area contributed by atoms with Crippen LogP contribution in [-0.2, 0) is 17.9 Å². The minimum Gasteiger partial charge on any atom is -0.490 e. The van der Waals surface area contributed by atoms with Crippen LogP contribution in [0.25, 0.3) is 0 Å². The highest BCUT2D eigenvalue weighted by Gasteiger charge is 2.13. The van der Waals surface area contributed by atoms with Gasteiger partial charge < -0.3 is 20.5 Å². The molecule has 3 N–H and O–H groups in total. The summed E-state index contributed by atoms with van der Waals surface area (Å²) in [5, 5.41) is 3.66. The first-order chi connectivity index (χ1) is 11.6. The van der Waals surface area contributed by atoms with Crippen LogP contribution in [0.2, 0.25) is 5.02 Å². The highest BCUT2D eigenvalue weighted by molar-refractivity contribution is 6.32. The smallest absolute Gasteiger partial charge is 0.255 e. The van der Waals surface area contributed by atoms with Gasteiger partial charge in [-0.15, -0.1) is 0 Å². The molecule has 1 aromatic heterocycles. The van der Waals surface area contributed by atoms with Crippen molar-refractivity contribution in [2.24, 2.45) is 5.73 Å². The lowest BCUT2D eigenvalue weighted by Crippen LogP contribution is -2.20. The van der Waals surface area contributed by atoms with Gasteiger partial charge in [0.2, 0.25) is 0 Å². The number of hydrogen-bond donors (Lipinski definition) is 2. The van der Waals surface area contributed by atoms with Gasteiger partial charge in [-0.05, 0) is 36.8 Å². The zero-order valence-corrected chi connectivity index (χ0v) is 14.2. The number of halogens is 1. The normalized spacial score (nSPS) is 10.4. The van der Waals surface area contributed by atoms with E-state index in [4.69, 9.17) is 26.8 Å². The van der Waals surface area contributed by atoms with Crippen molar-refractivity contribution < 1.29 is 14.3 Å². The number of amides is 1. The predicted octanol–water partition coefficient (Wildman–Crippen LogP) is 2.29. The number of hydrogen-bond acceptors (Lipinski definition) is 5. The van der Waals surface area contributed by atoms with Gasteiger partial charge >= 0.3 is 0 Å². The first-order valence-corrected chi connectivity index (χ1v) is 7.95. The summed E-state index contributed by atoms with van der Waals surface area (Å²) in [6, 6.07) is 9.37. The lowest BCUT2D eigenvalue weighted by molar-refractivity contribution is -0.119. The molecule has 2 rings (SSSR count). The molecule has 128 valence electrons. The molecule has 1 heterocycles. The number of ether oxygens (including phenoxy) is 2. The maximum atomic E-state index is 10.9. The molecular formula is C17H20ClN3O3. The molecule has 1 amide bonds. The number of carbonyl (C=O) groups excluding carboxylic acids is 1. The highest BCUT2D eigenvalue weighted by atomic mass is 35.5. The third-order valence-corrected chi connectivity index (χ3v) is 3.37. The van der Waals surface area contributed by atoms with Crippen molar-refractivity contribution in [2.45, 2.75) is 20.0 Å². The molecule has 1 aromatic carbocycles. The van der Waals surface area contributed by atoms with Crippen LogP contribution in [0.4, 0.5) is 0 Å². The Kier molecular flexibility index (Phi) is 6.84. The fourth-order valence-corrected chi connectivity index (χ4v) is 2.40. The van der Waals surface area contributed by atoms with Crippen molar-refractivity contribution >= 4 is 17.5 Å². The van der Waals surface area contributed by atoms with Crippen molar-refractivity contribution in [1.29, 1.82) is 0 Å². The van der Waals surface area contributed by atoms with E-state index >= 15 is 0 Å². The molecular weight excluding hydrogens is 330 g/mol. The van der Waals surface area contributed by atoms with Gasteiger partial charge in [0.1, 0.15) is 0 Å². The van der Waals surface area contributed by atoms with E-state index in [-0.39, 0.29) is 6.61 Å². The van der Waals surface area contributed by atoms with Crippen molar-refractivity contribution in [3.05, 3.63) is 52.8 Å². The van der Waals surface area contributed by atoms with Gasteiger partial charge in [0, 0.05) is 19.3 Å². The molecule has 0 bridgehead atoms. The van der Waals surface area contributed by atoms with E-state index in [0.717, 1.165) is 11.3 Å². The van der Waals surface area contributed by atoms with Crippen molar-refractivity contribution in [3.63, 3.8) is 0 Å². The van der Waals surface area contributed by atoms with E-state index in [1.54, 1.807) is 12.3 Å². The molecule has 6 nitrogen and oxygen atoms in total. The Bertz CT molecular complexity index is 680. The molecule has 0 spiro atoms. The van der Waals surface area contributed by atoms with Crippen LogP contribution in [0.15, 0.2) is 36.5 Å². The predicted molar refractivity (Wildman–Crippen MR) is 92.1 cm³/mol. The molecule has 7 heteroatoms. The van der Waals surface area contributed by atoms with Crippen molar-refractivity contribution in [1.82, 2.24) is 10.3 Å². The van der Waals surface area contributed by atoms with E-state index in [2.05, 4.69) is 10.3 Å². The molecule has 0 unspecified atom stereocenters. The summed E-state index contributed by atoms with van der Waals surface area (Å²) in [6.07, 6.45) is 1.76. The molecule has 24 heavy (non-hydrogen) atoms. The average molecular weight is 350 g/mol. The van der Waals surface area contributed by atoms with Crippen LogP contribution in [0.5, 0.6) is 11.5 Å². The highest BCUT2D eigenvalue weighted by Crippen LogP contribution is 2.36. The number of nitrogens with zero attached hydrogens (tertiary/aromatic N) is 1. The molecule has 0 atom stereocenters. The zero-order chi connectivity index (χ0) is 17.4. The monoisotopic (exact) mass is 349 g/mol. The molecule has 0 aliphatic heterocycles. The summed E-state index contributed by atoms with van der Waals surface area (Å²) in [5.74, 6) is 0.237. The summed E-state index contributed by atoms with van der Waals surface area (Å²) in [7, 11) is 0. The van der Waals surface area contributed by atoms with E-state index < -0.39 is 5.91 Å². The number of carbonyl (C=O) groups is 1. The van der Waals surface area contributed by atoms with E-state index in [9.17, 15) is 4.79 Å². The third-order valence-electron chi connectivity index (χ3n) is 3.09. The van der Waals surface area contributed by atoms with Gasteiger partial charge in [-0.2, -0.15) is 0 Å². The second-order valence-corrected chi connectivity index (χ2v) is 5.42. The van der Waals surface area contributed by atoms with Crippen LogP contribution >= 0.6 is 11.6 Å². The summed E-state index contributed by atoms with van der Waals surface area (Å²) < 4.78 is 10.9. The molecule has 0 fully saturated rings. The Morgan fingerprint density at radius 1 is 1.29 bits per heavy atom. The van der Waals surface area contributed by atoms with Crippen LogP contribution in [0.1, 0.15) is 18.2 Å². The van der Waals surface area contributed by atoms with Gasteiger partial charge in [-0.3, -0.25) is 9.78 Å². The second kappa shape index (κ2) is 9.10. The third kappa shape index (κ3) is 5.40.